The van der Waals surface area contributed by atoms with Gasteiger partial charge in [0.1, 0.15) is 12.0 Å². The molecular weight excluding hydrogens is 340 g/mol. The fraction of sp³-hybridized carbons (Fsp3) is 0.538. The molecule has 0 unspecified atom stereocenters. The molecule has 2 N–H and O–H groups in total. The lowest BCUT2D eigenvalue weighted by Crippen LogP contribution is -2.41. The number of nitro groups is 1. The summed E-state index contributed by atoms with van der Waals surface area (Å²) in [5, 5.41) is 16.6. The van der Waals surface area contributed by atoms with E-state index in [2.05, 4.69) is 31.5 Å². The van der Waals surface area contributed by atoms with Gasteiger partial charge in [-0.05, 0) is 43.6 Å². The number of carbonyl (C=O) groups is 1. The summed E-state index contributed by atoms with van der Waals surface area (Å²) in [5.74, 6) is 0.423. The van der Waals surface area contributed by atoms with Crippen LogP contribution in [0, 0.1) is 17.0 Å². The number of halogens is 1. The van der Waals surface area contributed by atoms with Crippen LogP contribution in [0.5, 0.6) is 0 Å². The molecule has 0 aromatic carbocycles. The van der Waals surface area contributed by atoms with Gasteiger partial charge in [-0.3, -0.25) is 14.9 Å². The predicted octanol–water partition coefficient (Wildman–Crippen LogP) is 2.78. The maximum Gasteiger partial charge on any atom is 0.291 e. The Labute approximate surface area is 131 Å². The normalized spacial score (nSPS) is 11.1. The van der Waals surface area contributed by atoms with E-state index in [9.17, 15) is 14.9 Å². The van der Waals surface area contributed by atoms with Crippen LogP contribution in [-0.4, -0.2) is 27.9 Å². The molecule has 0 aliphatic carbocycles. The Morgan fingerprint density at radius 2 is 2.10 bits per heavy atom. The predicted molar refractivity (Wildman–Crippen MR) is 84.3 cm³/mol. The maximum absolute atomic E-state index is 11.7. The number of nitrogens with zero attached hydrogens (tertiary/aromatic N) is 2. The molecule has 0 aliphatic rings. The molecule has 0 aliphatic heterocycles. The number of pyridine rings is 1. The minimum Gasteiger partial charge on any atom is -0.369 e. The second-order valence-corrected chi connectivity index (χ2v) is 6.46. The topological polar surface area (TPSA) is 97.2 Å². The molecule has 0 radical (unpaired) electrons. The van der Waals surface area contributed by atoms with E-state index >= 15 is 0 Å². The fourth-order valence-corrected chi connectivity index (χ4v) is 2.10. The molecule has 0 saturated heterocycles. The van der Waals surface area contributed by atoms with E-state index in [4.69, 9.17) is 0 Å². The van der Waals surface area contributed by atoms with Crippen LogP contribution in [0.3, 0.4) is 0 Å². The number of carbonyl (C=O) groups excluding carboxylic acids is 1. The van der Waals surface area contributed by atoms with Crippen LogP contribution in [0.2, 0.25) is 0 Å². The van der Waals surface area contributed by atoms with E-state index in [0.717, 1.165) is 0 Å². The largest absolute Gasteiger partial charge is 0.369 e. The van der Waals surface area contributed by atoms with Crippen molar-refractivity contribution in [3.8, 4) is 0 Å². The zero-order valence-electron chi connectivity index (χ0n) is 12.5. The third-order valence-electron chi connectivity index (χ3n) is 2.59. The van der Waals surface area contributed by atoms with E-state index in [1.165, 1.54) is 6.20 Å². The molecule has 0 bridgehead atoms. The zero-order valence-corrected chi connectivity index (χ0v) is 14.1. The highest BCUT2D eigenvalue weighted by Crippen LogP contribution is 2.30. The van der Waals surface area contributed by atoms with Gasteiger partial charge in [-0.25, -0.2) is 4.98 Å². The number of nitrogens with one attached hydrogen (secondary N) is 2. The number of aromatic nitrogens is 1. The first kappa shape index (κ1) is 17.4. The van der Waals surface area contributed by atoms with Gasteiger partial charge in [-0.15, -0.1) is 0 Å². The molecule has 8 heteroatoms. The first-order valence-corrected chi connectivity index (χ1v) is 7.25. The van der Waals surface area contributed by atoms with Crippen LogP contribution >= 0.6 is 15.9 Å². The quantitative estimate of drug-likeness (QED) is 0.622. The van der Waals surface area contributed by atoms with E-state index in [-0.39, 0.29) is 17.1 Å². The van der Waals surface area contributed by atoms with E-state index in [1.54, 1.807) is 6.92 Å². The molecule has 116 valence electrons. The lowest BCUT2D eigenvalue weighted by atomic mass is 10.1. The number of hydrogen-bond acceptors (Lipinski definition) is 5. The molecule has 1 aromatic rings. The van der Waals surface area contributed by atoms with Crippen LogP contribution < -0.4 is 10.6 Å². The summed E-state index contributed by atoms with van der Waals surface area (Å²) in [6.45, 7) is 7.77. The Morgan fingerprint density at radius 1 is 1.48 bits per heavy atom. The van der Waals surface area contributed by atoms with Crippen molar-refractivity contribution >= 4 is 33.3 Å². The SMILES string of the molecule is Cc1c([N+](=O)[O-])cnc(NCCC(=O)NC(C)(C)C)c1Br. The number of anilines is 1. The van der Waals surface area contributed by atoms with Crippen LogP contribution in [0.4, 0.5) is 11.5 Å². The molecule has 1 aromatic heterocycles. The van der Waals surface area contributed by atoms with Crippen LogP contribution in [0.25, 0.3) is 0 Å². The highest BCUT2D eigenvalue weighted by atomic mass is 79.9. The average Bonchev–Trinajstić information content (AvgIpc) is 2.31. The van der Waals surface area contributed by atoms with Crippen molar-refractivity contribution in [1.82, 2.24) is 10.3 Å². The first-order chi connectivity index (χ1) is 9.61. The Hall–Kier alpha value is -1.70. The number of hydrogen-bond donors (Lipinski definition) is 2. The Morgan fingerprint density at radius 3 is 2.62 bits per heavy atom. The zero-order chi connectivity index (χ0) is 16.2. The van der Waals surface area contributed by atoms with Crippen LogP contribution in [0.1, 0.15) is 32.8 Å². The molecule has 0 spiro atoms. The molecule has 0 fully saturated rings. The first-order valence-electron chi connectivity index (χ1n) is 6.46. The van der Waals surface area contributed by atoms with Gasteiger partial charge in [0.25, 0.3) is 5.69 Å². The van der Waals surface area contributed by atoms with Gasteiger partial charge >= 0.3 is 0 Å². The second-order valence-electron chi connectivity index (χ2n) is 5.66. The van der Waals surface area contributed by atoms with Gasteiger partial charge in [-0.2, -0.15) is 0 Å². The molecule has 1 heterocycles. The molecule has 21 heavy (non-hydrogen) atoms. The smallest absolute Gasteiger partial charge is 0.291 e. The van der Waals surface area contributed by atoms with Crippen molar-refractivity contribution in [2.45, 2.75) is 39.7 Å². The minimum atomic E-state index is -0.479. The molecule has 0 saturated carbocycles. The fourth-order valence-electron chi connectivity index (χ4n) is 1.65. The summed E-state index contributed by atoms with van der Waals surface area (Å²) in [5.41, 5.74) is 0.189. The Kier molecular flexibility index (Phi) is 5.65. The Bertz CT molecular complexity index is 555. The highest BCUT2D eigenvalue weighted by Gasteiger charge is 2.17. The molecule has 7 nitrogen and oxygen atoms in total. The molecule has 1 rings (SSSR count). The highest BCUT2D eigenvalue weighted by molar-refractivity contribution is 9.10. The lowest BCUT2D eigenvalue weighted by Gasteiger charge is -2.20. The second kappa shape index (κ2) is 6.84. The standard InChI is InChI=1S/C13H19BrN4O3/c1-8-9(18(20)21)7-16-12(11(8)14)15-6-5-10(19)17-13(2,3)4/h7H,5-6H2,1-4H3,(H,15,16)(H,17,19). The van der Waals surface area contributed by atoms with Gasteiger partial charge in [0, 0.05) is 24.1 Å². The monoisotopic (exact) mass is 358 g/mol. The summed E-state index contributed by atoms with van der Waals surface area (Å²) in [6, 6.07) is 0. The minimum absolute atomic E-state index is 0.0436. The van der Waals surface area contributed by atoms with Gasteiger partial charge < -0.3 is 10.6 Å². The molecule has 1 amide bonds. The van der Waals surface area contributed by atoms with Gasteiger partial charge in [-0.1, -0.05) is 0 Å². The lowest BCUT2D eigenvalue weighted by molar-refractivity contribution is -0.385. The van der Waals surface area contributed by atoms with Crippen LogP contribution in [-0.2, 0) is 4.79 Å². The van der Waals surface area contributed by atoms with E-state index in [1.807, 2.05) is 20.8 Å². The van der Waals surface area contributed by atoms with Crippen molar-refractivity contribution in [2.75, 3.05) is 11.9 Å². The Balaban J connectivity index is 2.63. The summed E-state index contributed by atoms with van der Waals surface area (Å²) in [7, 11) is 0. The van der Waals surface area contributed by atoms with Gasteiger partial charge in [0.15, 0.2) is 0 Å². The van der Waals surface area contributed by atoms with Gasteiger partial charge in [0.2, 0.25) is 5.91 Å². The summed E-state index contributed by atoms with van der Waals surface area (Å²) < 4.78 is 0.535. The number of amides is 1. The van der Waals surface area contributed by atoms with Crippen molar-refractivity contribution in [3.63, 3.8) is 0 Å². The van der Waals surface area contributed by atoms with Crippen molar-refractivity contribution < 1.29 is 9.72 Å². The van der Waals surface area contributed by atoms with Crippen molar-refractivity contribution in [3.05, 3.63) is 26.3 Å². The van der Waals surface area contributed by atoms with Gasteiger partial charge in [0.05, 0.1) is 9.40 Å². The third kappa shape index (κ3) is 5.30. The third-order valence-corrected chi connectivity index (χ3v) is 3.56. The average molecular weight is 359 g/mol. The van der Waals surface area contributed by atoms with E-state index in [0.29, 0.717) is 28.8 Å². The number of rotatable bonds is 5. The molecule has 0 atom stereocenters. The maximum atomic E-state index is 11.7. The summed E-state index contributed by atoms with van der Waals surface area (Å²) in [4.78, 5) is 26.0. The van der Waals surface area contributed by atoms with Crippen molar-refractivity contribution in [1.29, 1.82) is 0 Å². The summed E-state index contributed by atoms with van der Waals surface area (Å²) >= 11 is 3.29. The molecular formula is C13H19BrN4O3. The van der Waals surface area contributed by atoms with Crippen LogP contribution in [0.15, 0.2) is 10.7 Å². The summed E-state index contributed by atoms with van der Waals surface area (Å²) in [6.07, 6.45) is 1.50. The van der Waals surface area contributed by atoms with Crippen molar-refractivity contribution in [2.24, 2.45) is 0 Å². The van der Waals surface area contributed by atoms with E-state index < -0.39 is 4.92 Å².